The van der Waals surface area contributed by atoms with Gasteiger partial charge in [0, 0.05) is 18.2 Å². The Morgan fingerprint density at radius 3 is 3.00 bits per heavy atom. The summed E-state index contributed by atoms with van der Waals surface area (Å²) in [6, 6.07) is 0. The molecular formula is C9H11N3O3S2. The highest BCUT2D eigenvalue weighted by Gasteiger charge is 2.31. The largest absolute Gasteiger partial charge is 0.461 e. The van der Waals surface area contributed by atoms with E-state index in [9.17, 15) is 9.59 Å². The molecule has 1 atom stereocenters. The van der Waals surface area contributed by atoms with Crippen LogP contribution in [0.2, 0.25) is 0 Å². The summed E-state index contributed by atoms with van der Waals surface area (Å²) in [5.41, 5.74) is 0. The minimum absolute atomic E-state index is 0.0115. The molecule has 0 N–H and O–H groups in total. The number of rotatable bonds is 3. The zero-order chi connectivity index (χ0) is 12.4. The Balaban J connectivity index is 2.13. The normalized spacial score (nSPS) is 19.8. The molecule has 1 aromatic heterocycles. The number of aromatic nitrogens is 2. The first-order chi connectivity index (χ1) is 8.11. The zero-order valence-electron chi connectivity index (χ0n) is 9.12. The fraction of sp³-hybridized carbons (Fsp3) is 0.556. The number of esters is 1. The average molecular weight is 273 g/mol. The van der Waals surface area contributed by atoms with E-state index in [4.69, 9.17) is 4.74 Å². The first-order valence-corrected chi connectivity index (χ1v) is 6.44. The van der Waals surface area contributed by atoms with Crippen molar-refractivity contribution < 1.29 is 14.3 Å². The monoisotopic (exact) mass is 273 g/mol. The molecule has 0 radical (unpaired) electrons. The van der Waals surface area contributed by atoms with E-state index in [0.717, 1.165) is 11.3 Å². The Morgan fingerprint density at radius 2 is 2.41 bits per heavy atom. The number of hydrogen-bond donors (Lipinski definition) is 1. The van der Waals surface area contributed by atoms with Crippen LogP contribution in [0.5, 0.6) is 0 Å². The van der Waals surface area contributed by atoms with E-state index in [2.05, 4.69) is 22.8 Å². The van der Waals surface area contributed by atoms with Crippen molar-refractivity contribution in [2.75, 3.05) is 18.1 Å². The molecule has 1 saturated heterocycles. The Kier molecular flexibility index (Phi) is 3.63. The third kappa shape index (κ3) is 2.58. The van der Waals surface area contributed by atoms with E-state index in [1.54, 1.807) is 6.92 Å². The fourth-order valence-corrected chi connectivity index (χ4v) is 2.56. The van der Waals surface area contributed by atoms with Gasteiger partial charge in [-0.1, -0.05) is 11.3 Å². The summed E-state index contributed by atoms with van der Waals surface area (Å²) in [5, 5.41) is 8.14. The second kappa shape index (κ2) is 5.01. The van der Waals surface area contributed by atoms with Crippen molar-refractivity contribution in [3.63, 3.8) is 0 Å². The molecule has 6 nitrogen and oxygen atoms in total. The standard InChI is InChI=1S/C9H11N3O3S2/c1-2-15-8(14)7-10-11-9(17-7)12-4-5(16)3-6(12)13/h5,16H,2-4H2,1H3. The van der Waals surface area contributed by atoms with Crippen molar-refractivity contribution >= 4 is 41.0 Å². The van der Waals surface area contributed by atoms with Crippen molar-refractivity contribution in [3.05, 3.63) is 5.01 Å². The van der Waals surface area contributed by atoms with E-state index < -0.39 is 5.97 Å². The van der Waals surface area contributed by atoms with Gasteiger partial charge >= 0.3 is 5.97 Å². The number of nitrogens with zero attached hydrogens (tertiary/aromatic N) is 3. The van der Waals surface area contributed by atoms with Gasteiger partial charge in [-0.15, -0.1) is 10.2 Å². The van der Waals surface area contributed by atoms with Gasteiger partial charge in [0.25, 0.3) is 0 Å². The molecule has 0 spiro atoms. The second-order valence-corrected chi connectivity index (χ2v) is 5.16. The quantitative estimate of drug-likeness (QED) is 0.650. The number of ether oxygens (including phenoxy) is 1. The van der Waals surface area contributed by atoms with Crippen LogP contribution in [0.25, 0.3) is 0 Å². The van der Waals surface area contributed by atoms with Gasteiger partial charge in [0.05, 0.1) is 6.61 Å². The maximum Gasteiger partial charge on any atom is 0.369 e. The average Bonchev–Trinajstić information content (AvgIpc) is 2.85. The molecular weight excluding hydrogens is 262 g/mol. The van der Waals surface area contributed by atoms with E-state index in [0.29, 0.717) is 18.1 Å². The van der Waals surface area contributed by atoms with E-state index >= 15 is 0 Å². The Hall–Kier alpha value is -1.15. The summed E-state index contributed by atoms with van der Waals surface area (Å²) in [6.07, 6.45) is 0.386. The summed E-state index contributed by atoms with van der Waals surface area (Å²) in [5.74, 6) is -0.554. The summed E-state index contributed by atoms with van der Waals surface area (Å²) in [4.78, 5) is 24.5. The highest BCUT2D eigenvalue weighted by Crippen LogP contribution is 2.27. The second-order valence-electron chi connectivity index (χ2n) is 3.47. The van der Waals surface area contributed by atoms with Gasteiger partial charge in [0.1, 0.15) is 0 Å². The lowest BCUT2D eigenvalue weighted by Gasteiger charge is -2.09. The highest BCUT2D eigenvalue weighted by atomic mass is 32.1. The van der Waals surface area contributed by atoms with E-state index in [1.807, 2.05) is 0 Å². The Labute approximate surface area is 107 Å². The zero-order valence-corrected chi connectivity index (χ0v) is 10.8. The lowest BCUT2D eigenvalue weighted by molar-refractivity contribution is -0.117. The number of carbonyl (C=O) groups is 2. The van der Waals surface area contributed by atoms with Gasteiger partial charge in [-0.3, -0.25) is 9.69 Å². The third-order valence-electron chi connectivity index (χ3n) is 2.20. The van der Waals surface area contributed by atoms with Crippen molar-refractivity contribution in [2.45, 2.75) is 18.6 Å². The van der Waals surface area contributed by atoms with Crippen molar-refractivity contribution in [1.82, 2.24) is 10.2 Å². The molecule has 0 bridgehead atoms. The predicted octanol–water partition coefficient (Wildman–Crippen LogP) is 0.750. The minimum Gasteiger partial charge on any atom is -0.461 e. The van der Waals surface area contributed by atoms with Gasteiger partial charge < -0.3 is 4.74 Å². The molecule has 17 heavy (non-hydrogen) atoms. The summed E-state index contributed by atoms with van der Waals surface area (Å²) >= 11 is 5.30. The molecule has 2 heterocycles. The van der Waals surface area contributed by atoms with E-state index in [-0.39, 0.29) is 22.8 Å². The number of amides is 1. The lowest BCUT2D eigenvalue weighted by atomic mass is 10.4. The molecule has 1 amide bonds. The van der Waals surface area contributed by atoms with E-state index in [1.165, 1.54) is 4.90 Å². The molecule has 2 rings (SSSR count). The van der Waals surface area contributed by atoms with Crippen LogP contribution in [0.15, 0.2) is 0 Å². The number of hydrogen-bond acceptors (Lipinski definition) is 7. The predicted molar refractivity (Wildman–Crippen MR) is 65.6 cm³/mol. The maximum atomic E-state index is 11.6. The lowest BCUT2D eigenvalue weighted by Crippen LogP contribution is -2.24. The van der Waals surface area contributed by atoms with Crippen LogP contribution in [0, 0.1) is 0 Å². The molecule has 1 aliphatic heterocycles. The van der Waals surface area contributed by atoms with Gasteiger partial charge in [-0.25, -0.2) is 4.79 Å². The molecule has 1 aliphatic rings. The first kappa shape index (κ1) is 12.3. The summed E-state index contributed by atoms with van der Waals surface area (Å²) < 4.78 is 4.80. The Morgan fingerprint density at radius 1 is 1.65 bits per heavy atom. The van der Waals surface area contributed by atoms with Gasteiger partial charge in [-0.05, 0) is 6.92 Å². The Bertz CT molecular complexity index is 448. The van der Waals surface area contributed by atoms with Crippen LogP contribution in [0.3, 0.4) is 0 Å². The van der Waals surface area contributed by atoms with Gasteiger partial charge in [-0.2, -0.15) is 12.6 Å². The molecule has 1 fully saturated rings. The van der Waals surface area contributed by atoms with Gasteiger partial charge in [0.15, 0.2) is 0 Å². The summed E-state index contributed by atoms with van der Waals surface area (Å²) in [6.45, 7) is 2.50. The third-order valence-corrected chi connectivity index (χ3v) is 3.47. The molecule has 1 aromatic rings. The molecule has 1 unspecified atom stereocenters. The van der Waals surface area contributed by atoms with Crippen LogP contribution >= 0.6 is 24.0 Å². The van der Waals surface area contributed by atoms with Crippen molar-refractivity contribution in [2.24, 2.45) is 0 Å². The van der Waals surface area contributed by atoms with Crippen molar-refractivity contribution in [1.29, 1.82) is 0 Å². The molecule has 0 aliphatic carbocycles. The number of thiol groups is 1. The van der Waals surface area contributed by atoms with Crippen LogP contribution in [0.1, 0.15) is 23.1 Å². The number of anilines is 1. The number of carbonyl (C=O) groups excluding carboxylic acids is 2. The first-order valence-electron chi connectivity index (χ1n) is 5.11. The maximum absolute atomic E-state index is 11.6. The minimum atomic E-state index is -0.509. The molecule has 92 valence electrons. The van der Waals surface area contributed by atoms with Crippen molar-refractivity contribution in [3.8, 4) is 0 Å². The smallest absolute Gasteiger partial charge is 0.369 e. The van der Waals surface area contributed by atoms with Crippen LogP contribution in [-0.4, -0.2) is 40.5 Å². The van der Waals surface area contributed by atoms with Crippen LogP contribution in [0.4, 0.5) is 5.13 Å². The van der Waals surface area contributed by atoms with Gasteiger partial charge in [0.2, 0.25) is 16.0 Å². The SMILES string of the molecule is CCOC(=O)c1nnc(N2CC(S)CC2=O)s1. The molecule has 0 saturated carbocycles. The summed E-state index contributed by atoms with van der Waals surface area (Å²) in [7, 11) is 0. The molecule has 8 heteroatoms. The molecule has 0 aromatic carbocycles. The highest BCUT2D eigenvalue weighted by molar-refractivity contribution is 7.81. The fourth-order valence-electron chi connectivity index (χ4n) is 1.47. The topological polar surface area (TPSA) is 72.4 Å². The van der Waals surface area contributed by atoms with Crippen LogP contribution < -0.4 is 4.90 Å². The van der Waals surface area contributed by atoms with Crippen LogP contribution in [-0.2, 0) is 9.53 Å².